The lowest BCUT2D eigenvalue weighted by Gasteiger charge is -2.39. The third kappa shape index (κ3) is 3.70. The summed E-state index contributed by atoms with van der Waals surface area (Å²) in [7, 11) is 0. The molecule has 26 heavy (non-hydrogen) atoms. The van der Waals surface area contributed by atoms with Crippen LogP contribution in [0.4, 0.5) is 4.79 Å². The molecule has 2 heterocycles. The molecule has 1 amide bonds. The first-order valence-corrected chi connectivity index (χ1v) is 9.23. The predicted octanol–water partition coefficient (Wildman–Crippen LogP) is 3.44. The van der Waals surface area contributed by atoms with Gasteiger partial charge in [0.2, 0.25) is 0 Å². The minimum atomic E-state index is -0.516. The number of aliphatic hydroxyl groups excluding tert-OH is 1. The van der Waals surface area contributed by atoms with E-state index in [1.54, 1.807) is 4.90 Å². The zero-order valence-electron chi connectivity index (χ0n) is 16.3. The van der Waals surface area contributed by atoms with E-state index in [2.05, 4.69) is 29.7 Å². The Balaban J connectivity index is 1.85. The first-order valence-electron chi connectivity index (χ1n) is 9.23. The van der Waals surface area contributed by atoms with Crippen LogP contribution >= 0.6 is 0 Å². The molecular formula is C20H29N3O3. The van der Waals surface area contributed by atoms with Gasteiger partial charge in [-0.2, -0.15) is 0 Å². The van der Waals surface area contributed by atoms with E-state index in [1.807, 2.05) is 27.7 Å². The third-order valence-corrected chi connectivity index (χ3v) is 4.93. The van der Waals surface area contributed by atoms with Crippen molar-refractivity contribution in [3.05, 3.63) is 29.6 Å². The predicted molar refractivity (Wildman–Crippen MR) is 101 cm³/mol. The molecule has 1 saturated heterocycles. The van der Waals surface area contributed by atoms with Gasteiger partial charge in [-0.3, -0.25) is 0 Å². The molecule has 0 saturated carbocycles. The SMILES string of the molecule is Cc1ccc2c(c1)nc(C)n2[C@@H]1CCN(C(=O)OC(C)(C)C)C[C@H]1CO. The zero-order valence-corrected chi connectivity index (χ0v) is 16.3. The highest BCUT2D eigenvalue weighted by Crippen LogP contribution is 2.33. The smallest absolute Gasteiger partial charge is 0.410 e. The second kappa shape index (κ2) is 6.91. The number of carbonyl (C=O) groups excluding carboxylic acids is 1. The number of piperidine rings is 1. The fourth-order valence-electron chi connectivity index (χ4n) is 3.78. The lowest BCUT2D eigenvalue weighted by molar-refractivity contribution is 0.00565. The maximum Gasteiger partial charge on any atom is 0.410 e. The van der Waals surface area contributed by atoms with Crippen LogP contribution in [-0.2, 0) is 4.74 Å². The molecule has 1 aromatic heterocycles. The van der Waals surface area contributed by atoms with Gasteiger partial charge in [-0.1, -0.05) is 6.07 Å². The van der Waals surface area contributed by atoms with Gasteiger partial charge in [0.15, 0.2) is 0 Å². The van der Waals surface area contributed by atoms with Crippen LogP contribution in [0.2, 0.25) is 0 Å². The standard InChI is InChI=1S/C20H29N3O3/c1-13-6-7-18-16(10-13)21-14(2)23(18)17-8-9-22(11-15(17)12-24)19(25)26-20(3,4)5/h6-7,10,15,17,24H,8-9,11-12H2,1-5H3/t15-,17+/m0/s1. The maximum atomic E-state index is 12.4. The van der Waals surface area contributed by atoms with Crippen molar-refractivity contribution in [1.29, 1.82) is 0 Å². The van der Waals surface area contributed by atoms with Gasteiger partial charge < -0.3 is 19.3 Å². The van der Waals surface area contributed by atoms with Crippen molar-refractivity contribution in [1.82, 2.24) is 14.5 Å². The molecule has 1 aromatic carbocycles. The number of nitrogens with zero attached hydrogens (tertiary/aromatic N) is 3. The van der Waals surface area contributed by atoms with E-state index in [4.69, 9.17) is 9.72 Å². The van der Waals surface area contributed by atoms with E-state index in [9.17, 15) is 9.90 Å². The summed E-state index contributed by atoms with van der Waals surface area (Å²) >= 11 is 0. The summed E-state index contributed by atoms with van der Waals surface area (Å²) in [5.74, 6) is 0.897. The number of aliphatic hydroxyl groups is 1. The lowest BCUT2D eigenvalue weighted by atomic mass is 9.92. The highest BCUT2D eigenvalue weighted by molar-refractivity contribution is 5.77. The van der Waals surface area contributed by atoms with Crippen LogP contribution in [0.3, 0.4) is 0 Å². The molecule has 2 aromatic rings. The number of amides is 1. The third-order valence-electron chi connectivity index (χ3n) is 4.93. The fraction of sp³-hybridized carbons (Fsp3) is 0.600. The van der Waals surface area contributed by atoms with Crippen molar-refractivity contribution >= 4 is 17.1 Å². The molecule has 0 spiro atoms. The summed E-state index contributed by atoms with van der Waals surface area (Å²) in [4.78, 5) is 18.8. The average Bonchev–Trinajstić information content (AvgIpc) is 2.87. The van der Waals surface area contributed by atoms with Gasteiger partial charge in [0.05, 0.1) is 11.0 Å². The minimum Gasteiger partial charge on any atom is -0.444 e. The molecule has 2 atom stereocenters. The fourth-order valence-corrected chi connectivity index (χ4v) is 3.78. The summed E-state index contributed by atoms with van der Waals surface area (Å²) in [5.41, 5.74) is 2.73. The maximum absolute atomic E-state index is 12.4. The van der Waals surface area contributed by atoms with Crippen LogP contribution in [-0.4, -0.2) is 50.9 Å². The van der Waals surface area contributed by atoms with E-state index < -0.39 is 5.60 Å². The van der Waals surface area contributed by atoms with Crippen LogP contribution in [0.1, 0.15) is 44.6 Å². The highest BCUT2D eigenvalue weighted by atomic mass is 16.6. The number of rotatable bonds is 2. The minimum absolute atomic E-state index is 0.0228. The molecule has 0 radical (unpaired) electrons. The summed E-state index contributed by atoms with van der Waals surface area (Å²) in [6, 6.07) is 6.39. The van der Waals surface area contributed by atoms with E-state index in [1.165, 1.54) is 5.56 Å². The molecule has 6 nitrogen and oxygen atoms in total. The number of fused-ring (bicyclic) bond motifs is 1. The topological polar surface area (TPSA) is 67.6 Å². The second-order valence-corrected chi connectivity index (χ2v) is 8.25. The van der Waals surface area contributed by atoms with Gasteiger partial charge in [-0.05, 0) is 58.7 Å². The Morgan fingerprint density at radius 3 is 2.73 bits per heavy atom. The van der Waals surface area contributed by atoms with Crippen molar-refractivity contribution in [3.63, 3.8) is 0 Å². The van der Waals surface area contributed by atoms with Gasteiger partial charge in [-0.15, -0.1) is 0 Å². The summed E-state index contributed by atoms with van der Waals surface area (Å²) in [5, 5.41) is 9.99. The van der Waals surface area contributed by atoms with E-state index in [-0.39, 0.29) is 24.7 Å². The molecule has 1 aliphatic rings. The van der Waals surface area contributed by atoms with Gasteiger partial charge in [0, 0.05) is 31.7 Å². The number of imidazole rings is 1. The van der Waals surface area contributed by atoms with Crippen molar-refractivity contribution in [2.45, 2.75) is 52.7 Å². The quantitative estimate of drug-likeness (QED) is 0.892. The Labute approximate surface area is 154 Å². The van der Waals surface area contributed by atoms with Crippen LogP contribution in [0.15, 0.2) is 18.2 Å². The van der Waals surface area contributed by atoms with Crippen molar-refractivity contribution in [2.75, 3.05) is 19.7 Å². The largest absolute Gasteiger partial charge is 0.444 e. The van der Waals surface area contributed by atoms with Crippen molar-refractivity contribution < 1.29 is 14.6 Å². The molecule has 142 valence electrons. The lowest BCUT2D eigenvalue weighted by Crippen LogP contribution is -2.47. The number of carbonyl (C=O) groups is 1. The first-order chi connectivity index (χ1) is 12.2. The van der Waals surface area contributed by atoms with Crippen LogP contribution < -0.4 is 0 Å². The molecule has 6 heteroatoms. The number of ether oxygens (including phenoxy) is 1. The zero-order chi connectivity index (χ0) is 19.1. The molecular weight excluding hydrogens is 330 g/mol. The normalized spacial score (nSPS) is 21.2. The molecule has 3 rings (SSSR count). The van der Waals surface area contributed by atoms with Gasteiger partial charge >= 0.3 is 6.09 Å². The number of aromatic nitrogens is 2. The Morgan fingerprint density at radius 1 is 1.35 bits per heavy atom. The van der Waals surface area contributed by atoms with Gasteiger partial charge in [0.25, 0.3) is 0 Å². The molecule has 0 bridgehead atoms. The molecule has 1 N–H and O–H groups in total. The van der Waals surface area contributed by atoms with E-state index in [0.29, 0.717) is 13.1 Å². The van der Waals surface area contributed by atoms with Crippen molar-refractivity contribution in [2.24, 2.45) is 5.92 Å². The molecule has 0 aliphatic carbocycles. The van der Waals surface area contributed by atoms with Crippen LogP contribution in [0, 0.1) is 19.8 Å². The first kappa shape index (κ1) is 18.7. The van der Waals surface area contributed by atoms with Crippen LogP contribution in [0.5, 0.6) is 0 Å². The summed E-state index contributed by atoms with van der Waals surface area (Å²) in [6.07, 6.45) is 0.460. The molecule has 0 unspecified atom stereocenters. The number of aryl methyl sites for hydroxylation is 2. The summed E-state index contributed by atoms with van der Waals surface area (Å²) < 4.78 is 7.71. The average molecular weight is 359 g/mol. The Bertz CT molecular complexity index is 806. The molecule has 1 aliphatic heterocycles. The van der Waals surface area contributed by atoms with Crippen LogP contribution in [0.25, 0.3) is 11.0 Å². The van der Waals surface area contributed by atoms with E-state index >= 15 is 0 Å². The Kier molecular flexibility index (Phi) is 4.97. The highest BCUT2D eigenvalue weighted by Gasteiger charge is 2.35. The Hall–Kier alpha value is -2.08. The van der Waals surface area contributed by atoms with Gasteiger partial charge in [0.1, 0.15) is 11.4 Å². The number of hydrogen-bond acceptors (Lipinski definition) is 4. The number of hydrogen-bond donors (Lipinski definition) is 1. The number of likely N-dealkylation sites (tertiary alicyclic amines) is 1. The van der Waals surface area contributed by atoms with Crippen molar-refractivity contribution in [3.8, 4) is 0 Å². The number of benzene rings is 1. The van der Waals surface area contributed by atoms with E-state index in [0.717, 1.165) is 23.3 Å². The Morgan fingerprint density at radius 2 is 2.08 bits per heavy atom. The van der Waals surface area contributed by atoms with Gasteiger partial charge in [-0.25, -0.2) is 9.78 Å². The monoisotopic (exact) mass is 359 g/mol. The summed E-state index contributed by atoms with van der Waals surface area (Å²) in [6.45, 7) is 10.8. The molecule has 1 fully saturated rings. The second-order valence-electron chi connectivity index (χ2n) is 8.25.